The minimum Gasteiger partial charge on any atom is -0.496 e. The molecule has 0 saturated carbocycles. The summed E-state index contributed by atoms with van der Waals surface area (Å²) in [7, 11) is 1.50. The van der Waals surface area contributed by atoms with Gasteiger partial charge in [-0.1, -0.05) is 46.3 Å². The predicted octanol–water partition coefficient (Wildman–Crippen LogP) is 2.58. The van der Waals surface area contributed by atoms with Crippen molar-refractivity contribution in [3.8, 4) is 5.75 Å². The molecule has 1 amide bonds. The number of nitrogens with two attached hydrogens (primary N) is 1. The summed E-state index contributed by atoms with van der Waals surface area (Å²) in [6.45, 7) is 0. The van der Waals surface area contributed by atoms with Gasteiger partial charge in [0.1, 0.15) is 5.75 Å². The lowest BCUT2D eigenvalue weighted by Gasteiger charge is -2.18. The number of ether oxygens (including phenoxy) is 1. The summed E-state index contributed by atoms with van der Waals surface area (Å²) in [4.78, 5) is 21.6. The van der Waals surface area contributed by atoms with E-state index in [1.807, 2.05) is 30.3 Å². The van der Waals surface area contributed by atoms with E-state index >= 15 is 0 Å². The Labute approximate surface area is 142 Å². The van der Waals surface area contributed by atoms with Gasteiger partial charge in [-0.2, -0.15) is 10.8 Å². The van der Waals surface area contributed by atoms with Crippen molar-refractivity contribution in [1.29, 1.82) is 0 Å². The van der Waals surface area contributed by atoms with Gasteiger partial charge in [0.05, 0.1) is 12.7 Å². The molecule has 0 fully saturated rings. The molecule has 0 aliphatic rings. The second kappa shape index (κ2) is 8.64. The number of benzene rings is 2. The van der Waals surface area contributed by atoms with Gasteiger partial charge >= 0.3 is 0 Å². The molecule has 1 atom stereocenters. The van der Waals surface area contributed by atoms with Crippen LogP contribution in [0.25, 0.3) is 0 Å². The van der Waals surface area contributed by atoms with E-state index < -0.39 is 6.23 Å². The van der Waals surface area contributed by atoms with Crippen LogP contribution in [0.1, 0.15) is 15.9 Å². The summed E-state index contributed by atoms with van der Waals surface area (Å²) in [5.41, 5.74) is 1.34. The maximum atomic E-state index is 12.5. The number of carbonyl (C=O) groups is 1. The smallest absolute Gasteiger partial charge is 0.257 e. The Morgan fingerprint density at radius 2 is 2.00 bits per heavy atom. The fourth-order valence-electron chi connectivity index (χ4n) is 2.09. The first-order valence-electron chi connectivity index (χ1n) is 6.84. The molecule has 2 rings (SSSR count). The van der Waals surface area contributed by atoms with Crippen LogP contribution in [0.4, 0.5) is 0 Å². The third kappa shape index (κ3) is 5.04. The molecule has 0 aliphatic heterocycles. The second-order valence-corrected chi connectivity index (χ2v) is 5.60. The highest BCUT2D eigenvalue weighted by Crippen LogP contribution is 2.23. The summed E-state index contributed by atoms with van der Waals surface area (Å²) >= 11 is 3.33. The molecule has 2 aromatic carbocycles. The third-order valence-electron chi connectivity index (χ3n) is 3.13. The molecule has 6 nitrogen and oxygen atoms in total. The summed E-state index contributed by atoms with van der Waals surface area (Å²) in [5.74, 6) is 5.07. The Bertz CT molecular complexity index is 652. The van der Waals surface area contributed by atoms with Gasteiger partial charge in [0.2, 0.25) is 0 Å². The molecule has 0 spiro atoms. The van der Waals surface area contributed by atoms with Crippen LogP contribution in [0.5, 0.6) is 5.75 Å². The molecule has 3 N–H and O–H groups in total. The number of hydrogen-bond acceptors (Lipinski definition) is 5. The molecule has 0 radical (unpaired) electrons. The number of methoxy groups -OCH3 is 1. The molecule has 0 aliphatic carbocycles. The van der Waals surface area contributed by atoms with Gasteiger partial charge < -0.3 is 10.1 Å². The number of halogens is 1. The Morgan fingerprint density at radius 3 is 2.65 bits per heavy atom. The average Bonchev–Trinajstić information content (AvgIpc) is 2.56. The molecular weight excluding hydrogens is 364 g/mol. The molecule has 7 heteroatoms. The summed E-state index contributed by atoms with van der Waals surface area (Å²) < 4.78 is 5.97. The zero-order valence-electron chi connectivity index (χ0n) is 12.5. The van der Waals surface area contributed by atoms with Crippen molar-refractivity contribution in [2.45, 2.75) is 12.6 Å². The maximum Gasteiger partial charge on any atom is 0.257 e. The van der Waals surface area contributed by atoms with Crippen LogP contribution in [0, 0.1) is 0 Å². The molecular formula is C16H17BrN2O4. The lowest BCUT2D eigenvalue weighted by atomic mass is 10.1. The number of nitrogens with one attached hydrogen (secondary N) is 1. The quantitative estimate of drug-likeness (QED) is 0.438. The van der Waals surface area contributed by atoms with Gasteiger partial charge in [0.25, 0.3) is 5.91 Å². The zero-order valence-corrected chi connectivity index (χ0v) is 14.1. The lowest BCUT2D eigenvalue weighted by molar-refractivity contribution is -0.332. The fourth-order valence-corrected chi connectivity index (χ4v) is 2.45. The van der Waals surface area contributed by atoms with Gasteiger partial charge in [0.15, 0.2) is 6.23 Å². The number of amides is 1. The van der Waals surface area contributed by atoms with Crippen LogP contribution in [0.2, 0.25) is 0 Å². The van der Waals surface area contributed by atoms with Gasteiger partial charge in [0, 0.05) is 10.9 Å². The highest BCUT2D eigenvalue weighted by atomic mass is 79.9. The molecule has 23 heavy (non-hydrogen) atoms. The summed E-state index contributed by atoms with van der Waals surface area (Å²) in [6, 6.07) is 14.7. The van der Waals surface area contributed by atoms with Crippen LogP contribution in [0.3, 0.4) is 0 Å². The van der Waals surface area contributed by atoms with Crippen molar-refractivity contribution in [2.75, 3.05) is 7.11 Å². The Balaban J connectivity index is 2.13. The van der Waals surface area contributed by atoms with Crippen LogP contribution >= 0.6 is 15.9 Å². The van der Waals surface area contributed by atoms with E-state index in [1.165, 1.54) is 7.11 Å². The first-order chi connectivity index (χ1) is 11.1. The lowest BCUT2D eigenvalue weighted by Crippen LogP contribution is -2.39. The van der Waals surface area contributed by atoms with Gasteiger partial charge in [-0.05, 0) is 23.8 Å². The van der Waals surface area contributed by atoms with Crippen molar-refractivity contribution in [1.82, 2.24) is 5.32 Å². The molecule has 0 saturated heterocycles. The molecule has 0 heterocycles. The van der Waals surface area contributed by atoms with Gasteiger partial charge in [-0.3, -0.25) is 4.79 Å². The van der Waals surface area contributed by atoms with E-state index in [0.717, 1.165) is 10.0 Å². The molecule has 0 bridgehead atoms. The minimum absolute atomic E-state index is 0.360. The number of rotatable bonds is 7. The van der Waals surface area contributed by atoms with Gasteiger partial charge in [-0.25, -0.2) is 0 Å². The van der Waals surface area contributed by atoms with Crippen LogP contribution in [-0.4, -0.2) is 19.2 Å². The number of carbonyl (C=O) groups excluding carboxylic acids is 1. The van der Waals surface area contributed by atoms with E-state index in [9.17, 15) is 4.79 Å². The zero-order chi connectivity index (χ0) is 16.7. The minimum atomic E-state index is -0.737. The second-order valence-electron chi connectivity index (χ2n) is 4.69. The van der Waals surface area contributed by atoms with E-state index in [-0.39, 0.29) is 5.91 Å². The molecule has 122 valence electrons. The van der Waals surface area contributed by atoms with Crippen LogP contribution in [0.15, 0.2) is 53.0 Å². The standard InChI is InChI=1S/C16H17BrN2O4/c1-21-14-8-7-12(17)10-13(14)16(20)19-15(22-23-18)9-11-5-3-2-4-6-11/h2-8,10,15H,9,18H2,1H3,(H,19,20)/t15-/m0/s1. The highest BCUT2D eigenvalue weighted by Gasteiger charge is 2.19. The first kappa shape index (κ1) is 17.4. The largest absolute Gasteiger partial charge is 0.496 e. The Morgan fingerprint density at radius 1 is 1.26 bits per heavy atom. The van der Waals surface area contributed by atoms with Crippen molar-refractivity contribution in [2.24, 2.45) is 5.90 Å². The Hall–Kier alpha value is -1.93. The molecule has 0 unspecified atom stereocenters. The predicted molar refractivity (Wildman–Crippen MR) is 88.5 cm³/mol. The molecule has 2 aromatic rings. The maximum absolute atomic E-state index is 12.5. The Kier molecular flexibility index (Phi) is 6.54. The van der Waals surface area contributed by atoms with E-state index in [0.29, 0.717) is 17.7 Å². The summed E-state index contributed by atoms with van der Waals surface area (Å²) in [5, 5.41) is 2.72. The van der Waals surface area contributed by atoms with E-state index in [2.05, 4.69) is 26.2 Å². The van der Waals surface area contributed by atoms with Crippen LogP contribution < -0.4 is 16.0 Å². The SMILES string of the molecule is COc1ccc(Br)cc1C(=O)N[C@H](Cc1ccccc1)OON. The average molecular weight is 381 g/mol. The third-order valence-corrected chi connectivity index (χ3v) is 3.63. The van der Waals surface area contributed by atoms with Crippen LogP contribution in [-0.2, 0) is 16.3 Å². The van der Waals surface area contributed by atoms with E-state index in [4.69, 9.17) is 15.5 Å². The van der Waals surface area contributed by atoms with Crippen molar-refractivity contribution < 1.29 is 19.4 Å². The van der Waals surface area contributed by atoms with Crippen molar-refractivity contribution >= 4 is 21.8 Å². The van der Waals surface area contributed by atoms with Gasteiger partial charge in [-0.15, -0.1) is 4.99 Å². The highest BCUT2D eigenvalue weighted by molar-refractivity contribution is 9.10. The first-order valence-corrected chi connectivity index (χ1v) is 7.64. The van der Waals surface area contributed by atoms with Crippen molar-refractivity contribution in [3.63, 3.8) is 0 Å². The van der Waals surface area contributed by atoms with E-state index in [1.54, 1.807) is 18.2 Å². The monoisotopic (exact) mass is 380 g/mol. The normalized spacial score (nSPS) is 11.8. The topological polar surface area (TPSA) is 82.8 Å². The summed E-state index contributed by atoms with van der Waals surface area (Å²) in [6.07, 6.45) is -0.335. The molecule has 0 aromatic heterocycles. The van der Waals surface area contributed by atoms with Crippen molar-refractivity contribution in [3.05, 3.63) is 64.1 Å². The number of hydrogen-bond donors (Lipinski definition) is 2. The fraction of sp³-hybridized carbons (Fsp3) is 0.188.